The van der Waals surface area contributed by atoms with Crippen LogP contribution in [0.4, 0.5) is 0 Å². The molecule has 0 aromatic carbocycles. The number of guanidine groups is 1. The lowest BCUT2D eigenvalue weighted by molar-refractivity contribution is 0.123. The summed E-state index contributed by atoms with van der Waals surface area (Å²) in [5.41, 5.74) is 0. The van der Waals surface area contributed by atoms with Gasteiger partial charge in [0.1, 0.15) is 0 Å². The van der Waals surface area contributed by atoms with Gasteiger partial charge in [-0.3, -0.25) is 4.99 Å². The van der Waals surface area contributed by atoms with Crippen molar-refractivity contribution in [2.75, 3.05) is 47.4 Å². The average Bonchev–Trinajstić information content (AvgIpc) is 3.41. The number of nitrogens with zero attached hydrogens (tertiary/aromatic N) is 2. The molecule has 0 bridgehead atoms. The van der Waals surface area contributed by atoms with E-state index in [2.05, 4.69) is 34.6 Å². The van der Waals surface area contributed by atoms with Gasteiger partial charge >= 0.3 is 0 Å². The molecule has 2 fully saturated rings. The van der Waals surface area contributed by atoms with Crippen molar-refractivity contribution in [3.8, 4) is 0 Å². The molecule has 2 aliphatic rings. The third-order valence-electron chi connectivity index (χ3n) is 5.37. The minimum absolute atomic E-state index is 0. The van der Waals surface area contributed by atoms with Crippen LogP contribution in [-0.4, -0.2) is 64.3 Å². The molecule has 0 aromatic rings. The summed E-state index contributed by atoms with van der Waals surface area (Å²) in [6.07, 6.45) is 10.7. The van der Waals surface area contributed by atoms with Crippen LogP contribution in [0.2, 0.25) is 0 Å². The summed E-state index contributed by atoms with van der Waals surface area (Å²) in [7, 11) is 6.26. The molecule has 0 heterocycles. The van der Waals surface area contributed by atoms with E-state index in [9.17, 15) is 0 Å². The molecule has 5 nitrogen and oxygen atoms in total. The Labute approximate surface area is 171 Å². The summed E-state index contributed by atoms with van der Waals surface area (Å²) in [6, 6.07) is 0.589. The summed E-state index contributed by atoms with van der Waals surface area (Å²) < 4.78 is 5.68. The highest BCUT2D eigenvalue weighted by atomic mass is 127. The van der Waals surface area contributed by atoms with Crippen LogP contribution in [0.25, 0.3) is 0 Å². The van der Waals surface area contributed by atoms with E-state index in [4.69, 9.17) is 4.74 Å². The van der Waals surface area contributed by atoms with E-state index < -0.39 is 0 Å². The van der Waals surface area contributed by atoms with E-state index >= 15 is 0 Å². The minimum atomic E-state index is 0. The van der Waals surface area contributed by atoms with Gasteiger partial charge in [0.05, 0.1) is 0 Å². The monoisotopic (exact) mass is 466 g/mol. The number of halogens is 1. The van der Waals surface area contributed by atoms with E-state index in [0.29, 0.717) is 6.04 Å². The van der Waals surface area contributed by atoms with Crippen LogP contribution in [0.15, 0.2) is 4.99 Å². The van der Waals surface area contributed by atoms with Gasteiger partial charge in [-0.15, -0.1) is 24.0 Å². The lowest BCUT2D eigenvalue weighted by Crippen LogP contribution is -2.48. The smallest absolute Gasteiger partial charge is 0.191 e. The minimum Gasteiger partial charge on any atom is -0.381 e. The second-order valence-electron chi connectivity index (χ2n) is 7.68. The molecule has 0 saturated heterocycles. The Hall–Kier alpha value is -0.0800. The lowest BCUT2D eigenvalue weighted by Gasteiger charge is -2.35. The van der Waals surface area contributed by atoms with Gasteiger partial charge in [-0.2, -0.15) is 0 Å². The highest BCUT2D eigenvalue weighted by molar-refractivity contribution is 14.0. The van der Waals surface area contributed by atoms with Gasteiger partial charge in [0.15, 0.2) is 5.96 Å². The van der Waals surface area contributed by atoms with E-state index in [-0.39, 0.29) is 24.0 Å². The summed E-state index contributed by atoms with van der Waals surface area (Å²) in [5.74, 6) is 2.59. The van der Waals surface area contributed by atoms with Gasteiger partial charge in [-0.25, -0.2) is 0 Å². The van der Waals surface area contributed by atoms with Gasteiger partial charge in [-0.1, -0.05) is 19.3 Å². The molecule has 1 unspecified atom stereocenters. The second kappa shape index (κ2) is 13.1. The van der Waals surface area contributed by atoms with Crippen LogP contribution in [0, 0.1) is 11.8 Å². The van der Waals surface area contributed by atoms with Crippen molar-refractivity contribution >= 4 is 29.9 Å². The molecule has 0 amide bonds. The predicted octanol–water partition coefficient (Wildman–Crippen LogP) is 3.10. The zero-order valence-electron chi connectivity index (χ0n) is 16.4. The van der Waals surface area contributed by atoms with E-state index in [1.54, 1.807) is 0 Å². The molecule has 0 aliphatic heterocycles. The molecule has 2 aliphatic carbocycles. The molecule has 6 heteroatoms. The summed E-state index contributed by atoms with van der Waals surface area (Å²) >= 11 is 0. The molecular weight excluding hydrogens is 427 g/mol. The molecule has 0 spiro atoms. The van der Waals surface area contributed by atoms with Crippen molar-refractivity contribution in [1.29, 1.82) is 0 Å². The first-order valence-corrected chi connectivity index (χ1v) is 9.89. The summed E-state index contributed by atoms with van der Waals surface area (Å²) in [6.45, 7) is 3.69. The third-order valence-corrected chi connectivity index (χ3v) is 5.37. The van der Waals surface area contributed by atoms with Crippen LogP contribution in [-0.2, 0) is 4.74 Å². The van der Waals surface area contributed by atoms with Crippen molar-refractivity contribution in [2.24, 2.45) is 16.8 Å². The molecular formula is C19H39IN4O. The molecule has 0 aromatic heterocycles. The van der Waals surface area contributed by atoms with Crippen LogP contribution in [0.1, 0.15) is 51.4 Å². The number of hydrogen-bond acceptors (Lipinski definition) is 3. The third kappa shape index (κ3) is 9.43. The van der Waals surface area contributed by atoms with Crippen LogP contribution < -0.4 is 10.6 Å². The molecule has 25 heavy (non-hydrogen) atoms. The SMILES string of the molecule is CN=C(NCCCOCC1CC1)NCC(C1CCCCC1)N(C)C.I. The molecule has 2 rings (SSSR count). The van der Waals surface area contributed by atoms with Crippen LogP contribution in [0.5, 0.6) is 0 Å². The van der Waals surface area contributed by atoms with Crippen molar-refractivity contribution < 1.29 is 4.74 Å². The van der Waals surface area contributed by atoms with E-state index in [0.717, 1.165) is 50.5 Å². The lowest BCUT2D eigenvalue weighted by atomic mass is 9.83. The van der Waals surface area contributed by atoms with Crippen LogP contribution in [0.3, 0.4) is 0 Å². The topological polar surface area (TPSA) is 48.9 Å². The van der Waals surface area contributed by atoms with Crippen molar-refractivity contribution in [3.63, 3.8) is 0 Å². The van der Waals surface area contributed by atoms with E-state index in [1.165, 1.54) is 44.9 Å². The quantitative estimate of drug-likeness (QED) is 0.225. The maximum absolute atomic E-state index is 5.68. The van der Waals surface area contributed by atoms with Crippen LogP contribution >= 0.6 is 24.0 Å². The largest absolute Gasteiger partial charge is 0.381 e. The maximum atomic E-state index is 5.68. The Morgan fingerprint density at radius 3 is 2.44 bits per heavy atom. The Balaban J connectivity index is 0.00000312. The average molecular weight is 466 g/mol. The van der Waals surface area contributed by atoms with Gasteiger partial charge in [0.2, 0.25) is 0 Å². The highest BCUT2D eigenvalue weighted by Crippen LogP contribution is 2.29. The number of ether oxygens (including phenoxy) is 1. The zero-order chi connectivity index (χ0) is 17.2. The fraction of sp³-hybridized carbons (Fsp3) is 0.947. The molecule has 1 atom stereocenters. The van der Waals surface area contributed by atoms with Crippen molar-refractivity contribution in [2.45, 2.75) is 57.4 Å². The van der Waals surface area contributed by atoms with Gasteiger partial charge in [0.25, 0.3) is 0 Å². The van der Waals surface area contributed by atoms with Gasteiger partial charge < -0.3 is 20.3 Å². The van der Waals surface area contributed by atoms with Gasteiger partial charge in [-0.05, 0) is 58.0 Å². The maximum Gasteiger partial charge on any atom is 0.191 e. The van der Waals surface area contributed by atoms with E-state index in [1.807, 2.05) is 7.05 Å². The Morgan fingerprint density at radius 1 is 1.12 bits per heavy atom. The standard InChI is InChI=1S/C19H38N4O.HI/c1-20-19(21-12-7-13-24-15-16-10-11-16)22-14-18(23(2)3)17-8-5-4-6-9-17;/h16-18H,4-15H2,1-3H3,(H2,20,21,22);1H. The highest BCUT2D eigenvalue weighted by Gasteiger charge is 2.25. The number of nitrogens with one attached hydrogen (secondary N) is 2. The first-order chi connectivity index (χ1) is 11.7. The number of hydrogen-bond donors (Lipinski definition) is 2. The normalized spacial score (nSPS) is 20.2. The van der Waals surface area contributed by atoms with Gasteiger partial charge in [0, 0.05) is 39.4 Å². The Bertz CT molecular complexity index is 368. The second-order valence-corrected chi connectivity index (χ2v) is 7.68. The number of rotatable bonds is 10. The molecule has 2 saturated carbocycles. The zero-order valence-corrected chi connectivity index (χ0v) is 18.8. The predicted molar refractivity (Wildman–Crippen MR) is 117 cm³/mol. The summed E-state index contributed by atoms with van der Waals surface area (Å²) in [5, 5.41) is 6.93. The van der Waals surface area contributed by atoms with Crippen molar-refractivity contribution in [3.05, 3.63) is 0 Å². The first kappa shape index (κ1) is 23.0. The Kier molecular flexibility index (Phi) is 12.1. The Morgan fingerprint density at radius 2 is 1.84 bits per heavy atom. The molecule has 148 valence electrons. The number of likely N-dealkylation sites (N-methyl/N-ethyl adjacent to an activating group) is 1. The molecule has 0 radical (unpaired) electrons. The fourth-order valence-electron chi connectivity index (χ4n) is 3.63. The fourth-order valence-corrected chi connectivity index (χ4v) is 3.63. The number of aliphatic imine (C=N–C) groups is 1. The summed E-state index contributed by atoms with van der Waals surface area (Å²) in [4.78, 5) is 6.73. The molecule has 2 N–H and O–H groups in total. The first-order valence-electron chi connectivity index (χ1n) is 9.89. The van der Waals surface area contributed by atoms with Crippen molar-refractivity contribution in [1.82, 2.24) is 15.5 Å².